The zero-order valence-electron chi connectivity index (χ0n) is 12.8. The Hall–Kier alpha value is -1.72. The van der Waals surface area contributed by atoms with E-state index in [-0.39, 0.29) is 18.7 Å². The van der Waals surface area contributed by atoms with Gasteiger partial charge in [-0.3, -0.25) is 9.52 Å². The maximum Gasteiger partial charge on any atom is 0.322 e. The van der Waals surface area contributed by atoms with Crippen molar-refractivity contribution in [1.29, 1.82) is 0 Å². The molecule has 1 saturated heterocycles. The van der Waals surface area contributed by atoms with Gasteiger partial charge in [0.15, 0.2) is 0 Å². The van der Waals surface area contributed by atoms with Gasteiger partial charge in [0.2, 0.25) is 20.0 Å². The van der Waals surface area contributed by atoms with Crippen LogP contribution in [-0.2, 0) is 24.8 Å². The Morgan fingerprint density at radius 3 is 2.50 bits per heavy atom. The normalized spacial score (nSPS) is 19.8. The predicted molar refractivity (Wildman–Crippen MR) is 84.0 cm³/mol. The van der Waals surface area contributed by atoms with Crippen LogP contribution in [-0.4, -0.2) is 51.1 Å². The van der Waals surface area contributed by atoms with Crippen LogP contribution in [0.25, 0.3) is 0 Å². The number of nitrogens with zero attached hydrogens (tertiary/aromatic N) is 1. The summed E-state index contributed by atoms with van der Waals surface area (Å²) < 4.78 is 64.3. The Bertz CT molecular complexity index is 853. The van der Waals surface area contributed by atoms with E-state index >= 15 is 0 Å². The molecule has 1 aliphatic rings. The van der Waals surface area contributed by atoms with Gasteiger partial charge < -0.3 is 5.11 Å². The number of piperidine rings is 1. The molecule has 1 aliphatic heterocycles. The van der Waals surface area contributed by atoms with Crippen LogP contribution in [0.5, 0.6) is 0 Å². The molecule has 0 aromatic heterocycles. The molecule has 134 valence electrons. The third-order valence-electron chi connectivity index (χ3n) is 3.58. The van der Waals surface area contributed by atoms with Crippen LogP contribution in [0.3, 0.4) is 0 Å². The Morgan fingerprint density at radius 1 is 1.29 bits per heavy atom. The van der Waals surface area contributed by atoms with Crippen molar-refractivity contribution in [2.75, 3.05) is 17.5 Å². The van der Waals surface area contributed by atoms with Crippen molar-refractivity contribution in [3.63, 3.8) is 0 Å². The fourth-order valence-electron chi connectivity index (χ4n) is 2.51. The third kappa shape index (κ3) is 4.02. The zero-order chi connectivity index (χ0) is 18.1. The van der Waals surface area contributed by atoms with E-state index in [0.717, 1.165) is 22.7 Å². The number of carboxylic acids is 1. The van der Waals surface area contributed by atoms with E-state index in [0.29, 0.717) is 18.9 Å². The van der Waals surface area contributed by atoms with Gasteiger partial charge in [-0.2, -0.15) is 4.31 Å². The number of rotatable bonds is 5. The average Bonchev–Trinajstić information content (AvgIpc) is 2.48. The van der Waals surface area contributed by atoms with Gasteiger partial charge >= 0.3 is 5.97 Å². The van der Waals surface area contributed by atoms with Gasteiger partial charge in [-0.05, 0) is 37.5 Å². The van der Waals surface area contributed by atoms with Gasteiger partial charge in [0, 0.05) is 6.54 Å². The molecule has 1 aromatic rings. The molecule has 8 nitrogen and oxygen atoms in total. The lowest BCUT2D eigenvalue weighted by molar-refractivity contribution is -0.142. The lowest BCUT2D eigenvalue weighted by atomic mass is 10.1. The number of nitrogens with one attached hydrogen (secondary N) is 1. The molecule has 1 heterocycles. The van der Waals surface area contributed by atoms with Gasteiger partial charge in [-0.15, -0.1) is 0 Å². The highest BCUT2D eigenvalue weighted by molar-refractivity contribution is 7.92. The molecule has 1 fully saturated rings. The minimum Gasteiger partial charge on any atom is -0.480 e. The van der Waals surface area contributed by atoms with Crippen LogP contribution in [0, 0.1) is 5.82 Å². The summed E-state index contributed by atoms with van der Waals surface area (Å²) in [6, 6.07) is 1.51. The van der Waals surface area contributed by atoms with Crippen LogP contribution < -0.4 is 4.72 Å². The van der Waals surface area contributed by atoms with Crippen molar-refractivity contribution in [3.05, 3.63) is 24.0 Å². The maximum absolute atomic E-state index is 14.0. The number of sulfonamides is 2. The first kappa shape index (κ1) is 18.6. The fourth-order valence-corrected chi connectivity index (χ4v) is 4.74. The van der Waals surface area contributed by atoms with Crippen LogP contribution in [0.15, 0.2) is 23.1 Å². The van der Waals surface area contributed by atoms with Crippen molar-refractivity contribution in [1.82, 2.24) is 4.31 Å². The van der Waals surface area contributed by atoms with E-state index < -0.39 is 42.8 Å². The number of anilines is 1. The topological polar surface area (TPSA) is 121 Å². The molecule has 0 saturated carbocycles. The average molecular weight is 380 g/mol. The highest BCUT2D eigenvalue weighted by Gasteiger charge is 2.37. The van der Waals surface area contributed by atoms with Crippen LogP contribution >= 0.6 is 0 Å². The Morgan fingerprint density at radius 2 is 1.96 bits per heavy atom. The first-order valence-electron chi connectivity index (χ1n) is 7.04. The molecule has 2 N–H and O–H groups in total. The van der Waals surface area contributed by atoms with Crippen LogP contribution in [0.1, 0.15) is 19.3 Å². The molecular formula is C13H17FN2O6S2. The first-order valence-corrected chi connectivity index (χ1v) is 10.4. The summed E-state index contributed by atoms with van der Waals surface area (Å²) in [5, 5.41) is 9.19. The zero-order valence-corrected chi connectivity index (χ0v) is 14.4. The van der Waals surface area contributed by atoms with E-state index in [4.69, 9.17) is 0 Å². The Balaban J connectivity index is 2.39. The SMILES string of the molecule is CS(=O)(=O)Nc1ccc(S(=O)(=O)N2CCCCC2C(=O)O)cc1F. The third-order valence-corrected chi connectivity index (χ3v) is 6.08. The summed E-state index contributed by atoms with van der Waals surface area (Å²) in [5.74, 6) is -2.32. The van der Waals surface area contributed by atoms with Crippen molar-refractivity contribution < 1.29 is 31.1 Å². The molecular weight excluding hydrogens is 363 g/mol. The lowest BCUT2D eigenvalue weighted by Gasteiger charge is -2.31. The second kappa shape index (κ2) is 6.65. The molecule has 24 heavy (non-hydrogen) atoms. The number of hydrogen-bond acceptors (Lipinski definition) is 5. The van der Waals surface area contributed by atoms with E-state index in [1.165, 1.54) is 0 Å². The second-order valence-corrected chi connectivity index (χ2v) is 9.12. The van der Waals surface area contributed by atoms with Crippen LogP contribution in [0.4, 0.5) is 10.1 Å². The minimum absolute atomic E-state index is 0.0320. The summed E-state index contributed by atoms with van der Waals surface area (Å²) in [7, 11) is -7.92. The summed E-state index contributed by atoms with van der Waals surface area (Å²) in [6.45, 7) is 0.0320. The second-order valence-electron chi connectivity index (χ2n) is 5.48. The van der Waals surface area contributed by atoms with Crippen molar-refractivity contribution in [2.24, 2.45) is 0 Å². The molecule has 0 spiro atoms. The molecule has 0 bridgehead atoms. The number of carbonyl (C=O) groups is 1. The molecule has 0 amide bonds. The molecule has 11 heteroatoms. The Kier molecular flexibility index (Phi) is 5.16. The summed E-state index contributed by atoms with van der Waals surface area (Å²) in [5.41, 5.74) is -0.384. The first-order chi connectivity index (χ1) is 11.0. The predicted octanol–water partition coefficient (Wildman–Crippen LogP) is 0.825. The number of carboxylic acid groups (broad SMARTS) is 1. The highest BCUT2D eigenvalue weighted by atomic mass is 32.2. The Labute approximate surface area is 139 Å². The molecule has 0 aliphatic carbocycles. The van der Waals surface area contributed by atoms with Gasteiger partial charge in [-0.25, -0.2) is 21.2 Å². The summed E-state index contributed by atoms with van der Waals surface area (Å²) in [6.07, 6.45) is 2.13. The quantitative estimate of drug-likeness (QED) is 0.780. The van der Waals surface area contributed by atoms with Crippen molar-refractivity contribution in [3.8, 4) is 0 Å². The molecule has 2 rings (SSSR count). The van der Waals surface area contributed by atoms with E-state index in [1.807, 2.05) is 4.72 Å². The maximum atomic E-state index is 14.0. The van der Waals surface area contributed by atoms with E-state index in [1.54, 1.807) is 0 Å². The number of aliphatic carboxylic acids is 1. The number of hydrogen-bond donors (Lipinski definition) is 2. The smallest absolute Gasteiger partial charge is 0.322 e. The largest absolute Gasteiger partial charge is 0.480 e. The van der Waals surface area contributed by atoms with Gasteiger partial charge in [-0.1, -0.05) is 0 Å². The molecule has 1 atom stereocenters. The summed E-state index contributed by atoms with van der Waals surface area (Å²) >= 11 is 0. The monoisotopic (exact) mass is 380 g/mol. The highest BCUT2D eigenvalue weighted by Crippen LogP contribution is 2.27. The number of benzene rings is 1. The number of halogens is 1. The van der Waals surface area contributed by atoms with Gasteiger partial charge in [0.05, 0.1) is 16.8 Å². The van der Waals surface area contributed by atoms with Gasteiger partial charge in [0.25, 0.3) is 0 Å². The van der Waals surface area contributed by atoms with E-state index in [2.05, 4.69) is 0 Å². The summed E-state index contributed by atoms with van der Waals surface area (Å²) in [4.78, 5) is 10.8. The molecule has 1 aromatic carbocycles. The van der Waals surface area contributed by atoms with E-state index in [9.17, 15) is 31.1 Å². The van der Waals surface area contributed by atoms with Crippen LogP contribution in [0.2, 0.25) is 0 Å². The molecule has 0 radical (unpaired) electrons. The standard InChI is InChI=1S/C13H17FN2O6S2/c1-23(19,20)15-11-6-5-9(8-10(11)14)24(21,22)16-7-3-2-4-12(16)13(17)18/h5-6,8,12,15H,2-4,7H2,1H3,(H,17,18). The van der Waals surface area contributed by atoms with Crippen molar-refractivity contribution >= 4 is 31.7 Å². The molecule has 1 unspecified atom stereocenters. The lowest BCUT2D eigenvalue weighted by Crippen LogP contribution is -2.47. The van der Waals surface area contributed by atoms with Crippen molar-refractivity contribution in [2.45, 2.75) is 30.2 Å². The fraction of sp³-hybridized carbons (Fsp3) is 0.462. The van der Waals surface area contributed by atoms with Gasteiger partial charge in [0.1, 0.15) is 11.9 Å². The minimum atomic E-state index is -4.20.